The normalized spacial score (nSPS) is 11.0. The number of nitrogens with zero attached hydrogens (tertiary/aromatic N) is 2. The van der Waals surface area contributed by atoms with E-state index in [4.69, 9.17) is 9.26 Å². The predicted molar refractivity (Wildman–Crippen MR) is 90.4 cm³/mol. The molecule has 0 N–H and O–H groups in total. The molecule has 2 heterocycles. The smallest absolute Gasteiger partial charge is 0.167 e. The molecular formula is C19H16N2O2. The van der Waals surface area contributed by atoms with Crippen LogP contribution in [0.15, 0.2) is 65.2 Å². The van der Waals surface area contributed by atoms with Gasteiger partial charge in [-0.3, -0.25) is 0 Å². The molecule has 0 saturated carbocycles. The van der Waals surface area contributed by atoms with Crippen molar-refractivity contribution in [2.24, 2.45) is 7.05 Å². The molecule has 4 nitrogen and oxygen atoms in total. The lowest BCUT2D eigenvalue weighted by Gasteiger charge is -2.00. The van der Waals surface area contributed by atoms with E-state index in [1.807, 2.05) is 49.5 Å². The number of rotatable bonds is 3. The Labute approximate surface area is 133 Å². The fourth-order valence-corrected chi connectivity index (χ4v) is 2.82. The van der Waals surface area contributed by atoms with E-state index in [9.17, 15) is 0 Å². The second-order valence-electron chi connectivity index (χ2n) is 5.45. The van der Waals surface area contributed by atoms with Crippen molar-refractivity contribution in [2.45, 2.75) is 0 Å². The maximum absolute atomic E-state index is 5.53. The van der Waals surface area contributed by atoms with Crippen LogP contribution in [-0.2, 0) is 7.05 Å². The van der Waals surface area contributed by atoms with Crippen LogP contribution in [0.25, 0.3) is 33.6 Å². The van der Waals surface area contributed by atoms with Crippen molar-refractivity contribution in [2.75, 3.05) is 7.11 Å². The minimum atomic E-state index is 0.743. The van der Waals surface area contributed by atoms with E-state index in [0.717, 1.165) is 28.5 Å². The molecule has 4 aromatic rings. The minimum Gasteiger partial charge on any atom is -0.497 e. The van der Waals surface area contributed by atoms with Gasteiger partial charge in [-0.1, -0.05) is 23.4 Å². The van der Waals surface area contributed by atoms with Crippen molar-refractivity contribution in [3.05, 3.63) is 60.7 Å². The standard InChI is InChI=1S/C19H16N2O2/c1-21-17-6-4-3-5-14(17)11-18(21)16-12-19(23-20-16)13-7-9-15(22-2)10-8-13/h3-12H,1-2H3. The molecule has 0 amide bonds. The van der Waals surface area contributed by atoms with Crippen LogP contribution in [0, 0.1) is 0 Å². The lowest BCUT2D eigenvalue weighted by Crippen LogP contribution is -1.90. The predicted octanol–water partition coefficient (Wildman–Crippen LogP) is 4.51. The quantitative estimate of drug-likeness (QED) is 0.559. The fraction of sp³-hybridized carbons (Fsp3) is 0.105. The van der Waals surface area contributed by atoms with E-state index in [2.05, 4.69) is 27.9 Å². The third-order valence-electron chi connectivity index (χ3n) is 4.10. The summed E-state index contributed by atoms with van der Waals surface area (Å²) in [5.41, 5.74) is 4.02. The molecule has 0 aliphatic carbocycles. The van der Waals surface area contributed by atoms with E-state index < -0.39 is 0 Å². The lowest BCUT2D eigenvalue weighted by molar-refractivity contribution is 0.414. The Kier molecular flexibility index (Phi) is 3.15. The summed E-state index contributed by atoms with van der Waals surface area (Å²) < 4.78 is 12.8. The molecular weight excluding hydrogens is 288 g/mol. The Bertz CT molecular complexity index is 965. The van der Waals surface area contributed by atoms with Crippen LogP contribution in [0.2, 0.25) is 0 Å². The van der Waals surface area contributed by atoms with Crippen molar-refractivity contribution >= 4 is 10.9 Å². The number of hydrogen-bond donors (Lipinski definition) is 0. The number of aryl methyl sites for hydroxylation is 1. The summed E-state index contributed by atoms with van der Waals surface area (Å²) in [6, 6.07) is 20.1. The molecule has 2 aromatic carbocycles. The van der Waals surface area contributed by atoms with Crippen LogP contribution in [0.5, 0.6) is 5.75 Å². The number of benzene rings is 2. The zero-order valence-corrected chi connectivity index (χ0v) is 13.0. The van der Waals surface area contributed by atoms with E-state index in [-0.39, 0.29) is 0 Å². The van der Waals surface area contributed by atoms with Crippen LogP contribution in [-0.4, -0.2) is 16.8 Å². The highest BCUT2D eigenvalue weighted by Gasteiger charge is 2.13. The zero-order valence-electron chi connectivity index (χ0n) is 13.0. The first kappa shape index (κ1) is 13.6. The Hall–Kier alpha value is -3.01. The fourth-order valence-electron chi connectivity index (χ4n) is 2.82. The topological polar surface area (TPSA) is 40.2 Å². The molecule has 0 bridgehead atoms. The molecule has 4 heteroatoms. The first-order chi connectivity index (χ1) is 11.3. The van der Waals surface area contributed by atoms with Gasteiger partial charge in [0.05, 0.1) is 12.8 Å². The van der Waals surface area contributed by atoms with Gasteiger partial charge in [0, 0.05) is 29.6 Å². The SMILES string of the molecule is COc1ccc(-c2cc(-c3cc4ccccc4n3C)no2)cc1. The van der Waals surface area contributed by atoms with Gasteiger partial charge in [-0.2, -0.15) is 0 Å². The van der Waals surface area contributed by atoms with Crippen LogP contribution >= 0.6 is 0 Å². The molecule has 23 heavy (non-hydrogen) atoms. The molecule has 0 aliphatic rings. The highest BCUT2D eigenvalue weighted by Crippen LogP contribution is 2.30. The Morgan fingerprint density at radius 1 is 1.00 bits per heavy atom. The van der Waals surface area contributed by atoms with Crippen LogP contribution in [0.4, 0.5) is 0 Å². The lowest BCUT2D eigenvalue weighted by atomic mass is 10.1. The van der Waals surface area contributed by atoms with Gasteiger partial charge in [0.15, 0.2) is 5.76 Å². The number of methoxy groups -OCH3 is 1. The molecule has 0 fully saturated rings. The van der Waals surface area contributed by atoms with Crippen LogP contribution in [0.1, 0.15) is 0 Å². The number of fused-ring (bicyclic) bond motifs is 1. The van der Waals surface area contributed by atoms with Gasteiger partial charge in [0.2, 0.25) is 0 Å². The van der Waals surface area contributed by atoms with Gasteiger partial charge in [0.25, 0.3) is 0 Å². The summed E-state index contributed by atoms with van der Waals surface area (Å²) in [6.07, 6.45) is 0. The van der Waals surface area contributed by atoms with Crippen molar-refractivity contribution in [3.8, 4) is 28.5 Å². The van der Waals surface area contributed by atoms with Crippen LogP contribution in [0.3, 0.4) is 0 Å². The number of aromatic nitrogens is 2. The Morgan fingerprint density at radius 3 is 2.52 bits per heavy atom. The summed E-state index contributed by atoms with van der Waals surface area (Å²) in [4.78, 5) is 0. The number of ether oxygens (including phenoxy) is 1. The van der Waals surface area contributed by atoms with Gasteiger partial charge in [0.1, 0.15) is 11.4 Å². The third-order valence-corrected chi connectivity index (χ3v) is 4.10. The second kappa shape index (κ2) is 5.32. The van der Waals surface area contributed by atoms with Gasteiger partial charge in [-0.15, -0.1) is 0 Å². The van der Waals surface area contributed by atoms with Crippen LogP contribution < -0.4 is 4.74 Å². The minimum absolute atomic E-state index is 0.743. The highest BCUT2D eigenvalue weighted by molar-refractivity contribution is 5.86. The maximum atomic E-state index is 5.53. The summed E-state index contributed by atoms with van der Waals surface area (Å²) >= 11 is 0. The van der Waals surface area contributed by atoms with Crippen molar-refractivity contribution in [1.82, 2.24) is 9.72 Å². The molecule has 0 atom stereocenters. The van der Waals surface area contributed by atoms with Crippen molar-refractivity contribution < 1.29 is 9.26 Å². The molecule has 4 rings (SSSR count). The molecule has 0 saturated heterocycles. The van der Waals surface area contributed by atoms with Gasteiger partial charge < -0.3 is 13.8 Å². The van der Waals surface area contributed by atoms with E-state index in [0.29, 0.717) is 0 Å². The molecule has 0 aliphatic heterocycles. The average molecular weight is 304 g/mol. The van der Waals surface area contributed by atoms with E-state index in [1.54, 1.807) is 7.11 Å². The summed E-state index contributed by atoms with van der Waals surface area (Å²) in [6.45, 7) is 0. The van der Waals surface area contributed by atoms with Gasteiger partial charge >= 0.3 is 0 Å². The van der Waals surface area contributed by atoms with Crippen molar-refractivity contribution in [3.63, 3.8) is 0 Å². The maximum Gasteiger partial charge on any atom is 0.167 e. The number of para-hydroxylation sites is 1. The van der Waals surface area contributed by atoms with E-state index in [1.165, 1.54) is 10.9 Å². The third kappa shape index (κ3) is 2.28. The van der Waals surface area contributed by atoms with Crippen molar-refractivity contribution in [1.29, 1.82) is 0 Å². The van der Waals surface area contributed by atoms with E-state index >= 15 is 0 Å². The largest absolute Gasteiger partial charge is 0.497 e. The Balaban J connectivity index is 1.75. The van der Waals surface area contributed by atoms with Gasteiger partial charge in [-0.25, -0.2) is 0 Å². The summed E-state index contributed by atoms with van der Waals surface area (Å²) in [7, 11) is 3.70. The number of hydrogen-bond acceptors (Lipinski definition) is 3. The molecule has 0 spiro atoms. The zero-order chi connectivity index (χ0) is 15.8. The summed E-state index contributed by atoms with van der Waals surface area (Å²) in [5.74, 6) is 1.56. The Morgan fingerprint density at radius 2 is 1.78 bits per heavy atom. The first-order valence-corrected chi connectivity index (χ1v) is 7.42. The molecule has 0 radical (unpaired) electrons. The summed E-state index contributed by atoms with van der Waals surface area (Å²) in [5, 5.41) is 5.43. The second-order valence-corrected chi connectivity index (χ2v) is 5.45. The molecule has 114 valence electrons. The van der Waals surface area contributed by atoms with Gasteiger partial charge in [-0.05, 0) is 36.4 Å². The highest BCUT2D eigenvalue weighted by atomic mass is 16.5. The average Bonchev–Trinajstić information content (AvgIpc) is 3.20. The first-order valence-electron chi connectivity index (χ1n) is 7.42. The molecule has 0 unspecified atom stereocenters. The monoisotopic (exact) mass is 304 g/mol. The molecule has 2 aromatic heterocycles.